The third-order valence-electron chi connectivity index (χ3n) is 5.40. The quantitative estimate of drug-likeness (QED) is 0.793. The molecular weight excluding hydrogens is 208 g/mol. The van der Waals surface area contributed by atoms with Gasteiger partial charge in [0.15, 0.2) is 0 Å². The van der Waals surface area contributed by atoms with Crippen molar-refractivity contribution in [2.45, 2.75) is 57.9 Å². The molecule has 0 aromatic rings. The van der Waals surface area contributed by atoms with Gasteiger partial charge in [-0.1, -0.05) is 19.8 Å². The Balaban J connectivity index is 1.61. The van der Waals surface area contributed by atoms with E-state index in [0.29, 0.717) is 5.41 Å². The molecule has 3 aliphatic rings. The van der Waals surface area contributed by atoms with Crippen LogP contribution in [0.5, 0.6) is 0 Å². The summed E-state index contributed by atoms with van der Waals surface area (Å²) in [6.45, 7) is 7.70. The number of rotatable bonds is 2. The van der Waals surface area contributed by atoms with E-state index >= 15 is 0 Å². The molecule has 0 aromatic heterocycles. The molecule has 2 aliphatic heterocycles. The molecule has 2 saturated heterocycles. The van der Waals surface area contributed by atoms with Crippen LogP contribution in [0.25, 0.3) is 0 Å². The highest BCUT2D eigenvalue weighted by Gasteiger charge is 2.39. The van der Waals surface area contributed by atoms with E-state index in [9.17, 15) is 0 Å². The van der Waals surface area contributed by atoms with Gasteiger partial charge in [0.1, 0.15) is 0 Å². The van der Waals surface area contributed by atoms with Crippen LogP contribution < -0.4 is 5.32 Å². The molecule has 3 rings (SSSR count). The van der Waals surface area contributed by atoms with Crippen molar-refractivity contribution >= 4 is 0 Å². The first-order valence-electron chi connectivity index (χ1n) is 7.72. The third kappa shape index (κ3) is 2.53. The van der Waals surface area contributed by atoms with Gasteiger partial charge < -0.3 is 5.32 Å². The molecule has 0 spiro atoms. The highest BCUT2D eigenvalue weighted by molar-refractivity contribution is 4.94. The van der Waals surface area contributed by atoms with Gasteiger partial charge >= 0.3 is 0 Å². The summed E-state index contributed by atoms with van der Waals surface area (Å²) in [4.78, 5) is 2.84. The zero-order chi connectivity index (χ0) is 11.7. The van der Waals surface area contributed by atoms with Crippen molar-refractivity contribution < 1.29 is 0 Å². The Morgan fingerprint density at radius 3 is 2.88 bits per heavy atom. The predicted octanol–water partition coefficient (Wildman–Crippen LogP) is 2.64. The van der Waals surface area contributed by atoms with Crippen LogP contribution in [-0.2, 0) is 0 Å². The molecular formula is C15H28N2. The Bertz CT molecular complexity index is 258. The third-order valence-corrected chi connectivity index (χ3v) is 5.40. The Morgan fingerprint density at radius 1 is 1.18 bits per heavy atom. The van der Waals surface area contributed by atoms with E-state index in [0.717, 1.165) is 12.0 Å². The van der Waals surface area contributed by atoms with E-state index in [1.807, 2.05) is 0 Å². The molecule has 0 bridgehead atoms. The fraction of sp³-hybridized carbons (Fsp3) is 1.00. The second kappa shape index (κ2) is 4.89. The van der Waals surface area contributed by atoms with Gasteiger partial charge in [0, 0.05) is 19.1 Å². The lowest BCUT2D eigenvalue weighted by molar-refractivity contribution is 0.100. The van der Waals surface area contributed by atoms with Crippen molar-refractivity contribution in [3.05, 3.63) is 0 Å². The van der Waals surface area contributed by atoms with E-state index in [1.165, 1.54) is 71.1 Å². The number of hydrogen-bond acceptors (Lipinski definition) is 2. The first-order valence-corrected chi connectivity index (χ1v) is 7.72. The zero-order valence-electron chi connectivity index (χ0n) is 11.4. The Morgan fingerprint density at radius 2 is 2.06 bits per heavy atom. The maximum atomic E-state index is 3.59. The fourth-order valence-corrected chi connectivity index (χ4v) is 4.44. The highest BCUT2D eigenvalue weighted by atomic mass is 15.2. The normalized spacial score (nSPS) is 43.6. The summed E-state index contributed by atoms with van der Waals surface area (Å²) >= 11 is 0. The van der Waals surface area contributed by atoms with Crippen LogP contribution in [0.15, 0.2) is 0 Å². The van der Waals surface area contributed by atoms with Crippen LogP contribution in [0.2, 0.25) is 0 Å². The predicted molar refractivity (Wildman–Crippen MR) is 72.1 cm³/mol. The van der Waals surface area contributed by atoms with Crippen LogP contribution in [-0.4, -0.2) is 37.1 Å². The molecule has 17 heavy (non-hydrogen) atoms. The number of piperidine rings is 1. The summed E-state index contributed by atoms with van der Waals surface area (Å²) in [6, 6.07) is 0.947. The molecule has 3 unspecified atom stereocenters. The average Bonchev–Trinajstić information content (AvgIpc) is 2.73. The van der Waals surface area contributed by atoms with Gasteiger partial charge in [0.05, 0.1) is 0 Å². The first kappa shape index (κ1) is 12.0. The van der Waals surface area contributed by atoms with E-state index in [-0.39, 0.29) is 0 Å². The molecule has 98 valence electrons. The van der Waals surface area contributed by atoms with E-state index < -0.39 is 0 Å². The smallest absolute Gasteiger partial charge is 0.0124 e. The van der Waals surface area contributed by atoms with Crippen LogP contribution in [0.1, 0.15) is 51.9 Å². The zero-order valence-corrected chi connectivity index (χ0v) is 11.4. The Hall–Kier alpha value is -0.0800. The van der Waals surface area contributed by atoms with Crippen molar-refractivity contribution in [2.24, 2.45) is 11.3 Å². The van der Waals surface area contributed by atoms with Gasteiger partial charge in [-0.25, -0.2) is 0 Å². The van der Waals surface area contributed by atoms with Gasteiger partial charge in [-0.05, 0) is 56.5 Å². The summed E-state index contributed by atoms with van der Waals surface area (Å²) < 4.78 is 0. The molecule has 1 aliphatic carbocycles. The highest BCUT2D eigenvalue weighted by Crippen LogP contribution is 2.38. The Kier molecular flexibility index (Phi) is 3.45. The monoisotopic (exact) mass is 236 g/mol. The van der Waals surface area contributed by atoms with Gasteiger partial charge in [0.2, 0.25) is 0 Å². The maximum Gasteiger partial charge on any atom is 0.0124 e. The summed E-state index contributed by atoms with van der Waals surface area (Å²) in [6.07, 6.45) is 10.2. The van der Waals surface area contributed by atoms with E-state index in [2.05, 4.69) is 17.1 Å². The largest absolute Gasteiger partial charge is 0.316 e. The van der Waals surface area contributed by atoms with Crippen LogP contribution in [0.3, 0.4) is 0 Å². The van der Waals surface area contributed by atoms with Gasteiger partial charge in [-0.2, -0.15) is 0 Å². The van der Waals surface area contributed by atoms with Crippen LogP contribution in [0.4, 0.5) is 0 Å². The summed E-state index contributed by atoms with van der Waals surface area (Å²) in [5, 5.41) is 3.59. The lowest BCUT2D eigenvalue weighted by Gasteiger charge is -2.41. The van der Waals surface area contributed by atoms with Crippen molar-refractivity contribution in [2.75, 3.05) is 26.2 Å². The van der Waals surface area contributed by atoms with Crippen molar-refractivity contribution in [1.82, 2.24) is 10.2 Å². The van der Waals surface area contributed by atoms with Gasteiger partial charge in [-0.3, -0.25) is 4.90 Å². The average molecular weight is 236 g/mol. The molecule has 0 amide bonds. The van der Waals surface area contributed by atoms with Crippen LogP contribution >= 0.6 is 0 Å². The molecule has 1 N–H and O–H groups in total. The van der Waals surface area contributed by atoms with Gasteiger partial charge in [0.25, 0.3) is 0 Å². The molecule has 3 atom stereocenters. The molecule has 0 radical (unpaired) electrons. The van der Waals surface area contributed by atoms with Gasteiger partial charge in [-0.15, -0.1) is 0 Å². The molecule has 2 heteroatoms. The summed E-state index contributed by atoms with van der Waals surface area (Å²) in [7, 11) is 0. The second-order valence-electron chi connectivity index (χ2n) is 6.96. The number of fused-ring (bicyclic) bond motifs is 1. The molecule has 2 heterocycles. The summed E-state index contributed by atoms with van der Waals surface area (Å²) in [5.74, 6) is 1.05. The van der Waals surface area contributed by atoms with Crippen LogP contribution in [0, 0.1) is 11.3 Å². The molecule has 3 fully saturated rings. The van der Waals surface area contributed by atoms with E-state index in [1.54, 1.807) is 0 Å². The lowest BCUT2D eigenvalue weighted by atomic mass is 9.81. The first-order chi connectivity index (χ1) is 8.27. The molecule has 0 aromatic carbocycles. The molecule has 2 nitrogen and oxygen atoms in total. The van der Waals surface area contributed by atoms with Crippen molar-refractivity contribution in [3.8, 4) is 0 Å². The summed E-state index contributed by atoms with van der Waals surface area (Å²) in [5.41, 5.74) is 0.546. The topological polar surface area (TPSA) is 15.3 Å². The SMILES string of the molecule is CC1(CN2CCC3CCCCC32)CCCNC1. The molecule has 1 saturated carbocycles. The maximum absolute atomic E-state index is 3.59. The van der Waals surface area contributed by atoms with Crippen molar-refractivity contribution in [1.29, 1.82) is 0 Å². The number of hydrogen-bond donors (Lipinski definition) is 1. The standard InChI is InChI=1S/C15H28N2/c1-15(8-4-9-16-11-15)12-17-10-7-13-5-2-3-6-14(13)17/h13-14,16H,2-12H2,1H3. The number of nitrogens with one attached hydrogen (secondary N) is 1. The lowest BCUT2D eigenvalue weighted by Crippen LogP contribution is -2.48. The number of likely N-dealkylation sites (tertiary alicyclic amines) is 1. The fourth-order valence-electron chi connectivity index (χ4n) is 4.44. The minimum atomic E-state index is 0.546. The number of nitrogens with zero attached hydrogens (tertiary/aromatic N) is 1. The second-order valence-corrected chi connectivity index (χ2v) is 6.96. The van der Waals surface area contributed by atoms with Crippen molar-refractivity contribution in [3.63, 3.8) is 0 Å². The minimum absolute atomic E-state index is 0.546. The van der Waals surface area contributed by atoms with E-state index in [4.69, 9.17) is 0 Å². The Labute approximate surface area is 106 Å². The minimum Gasteiger partial charge on any atom is -0.316 e.